The topological polar surface area (TPSA) is 46.2 Å². The van der Waals surface area contributed by atoms with E-state index in [1.165, 1.54) is 0 Å². The Kier molecular flexibility index (Phi) is 6.72. The van der Waals surface area contributed by atoms with Gasteiger partial charge in [0.2, 0.25) is 10.0 Å². The summed E-state index contributed by atoms with van der Waals surface area (Å²) >= 11 is 10.1. The minimum Gasteiger partial charge on any atom is -0.211 e. The van der Waals surface area contributed by atoms with Crippen LogP contribution in [0.4, 0.5) is 0 Å². The molecule has 0 amide bonds. The maximum atomic E-state index is 12.4. The van der Waals surface area contributed by atoms with Crippen molar-refractivity contribution >= 4 is 57.8 Å². The van der Waals surface area contributed by atoms with Crippen LogP contribution in [0.15, 0.2) is 26.0 Å². The third-order valence-electron chi connectivity index (χ3n) is 3.01. The summed E-state index contributed by atoms with van der Waals surface area (Å²) in [5.41, 5.74) is 0.890. The molecule has 0 radical (unpaired) electrons. The SMILES string of the molecule is Cc1cc(Br)c(S(=O)(=O)NCC(C)(C)CCBr)cc1Br. The highest BCUT2D eigenvalue weighted by atomic mass is 79.9. The molecule has 0 bridgehead atoms. The molecular formula is C13H18Br3NO2S. The van der Waals surface area contributed by atoms with Crippen LogP contribution < -0.4 is 4.72 Å². The van der Waals surface area contributed by atoms with Crippen molar-refractivity contribution in [3.05, 3.63) is 26.6 Å². The number of aryl methyl sites for hydroxylation is 1. The molecule has 114 valence electrons. The van der Waals surface area contributed by atoms with Crippen LogP contribution in [0.2, 0.25) is 0 Å². The summed E-state index contributed by atoms with van der Waals surface area (Å²) in [6.45, 7) is 6.39. The summed E-state index contributed by atoms with van der Waals surface area (Å²) in [5.74, 6) is 0. The van der Waals surface area contributed by atoms with Crippen molar-refractivity contribution in [2.24, 2.45) is 5.41 Å². The molecule has 1 rings (SSSR count). The zero-order valence-corrected chi connectivity index (χ0v) is 17.2. The number of rotatable bonds is 6. The maximum Gasteiger partial charge on any atom is 0.241 e. The van der Waals surface area contributed by atoms with Gasteiger partial charge >= 0.3 is 0 Å². The maximum absolute atomic E-state index is 12.4. The smallest absolute Gasteiger partial charge is 0.211 e. The number of benzene rings is 1. The van der Waals surface area contributed by atoms with Gasteiger partial charge < -0.3 is 0 Å². The predicted molar refractivity (Wildman–Crippen MR) is 94.0 cm³/mol. The van der Waals surface area contributed by atoms with Crippen molar-refractivity contribution in [2.45, 2.75) is 32.1 Å². The summed E-state index contributed by atoms with van der Waals surface area (Å²) in [7, 11) is -3.52. The number of hydrogen-bond acceptors (Lipinski definition) is 2. The third-order valence-corrected chi connectivity index (χ3v) is 6.63. The van der Waals surface area contributed by atoms with Gasteiger partial charge in [0.25, 0.3) is 0 Å². The van der Waals surface area contributed by atoms with Crippen LogP contribution in [-0.4, -0.2) is 20.3 Å². The van der Waals surface area contributed by atoms with E-state index in [0.29, 0.717) is 11.0 Å². The fourth-order valence-corrected chi connectivity index (χ4v) is 5.54. The lowest BCUT2D eigenvalue weighted by Crippen LogP contribution is -2.34. The Balaban J connectivity index is 2.98. The normalized spacial score (nSPS) is 12.7. The van der Waals surface area contributed by atoms with Crippen molar-refractivity contribution < 1.29 is 8.42 Å². The molecule has 0 unspecified atom stereocenters. The fourth-order valence-electron chi connectivity index (χ4n) is 1.55. The van der Waals surface area contributed by atoms with Crippen LogP contribution in [0, 0.1) is 12.3 Å². The van der Waals surface area contributed by atoms with Crippen LogP contribution in [-0.2, 0) is 10.0 Å². The van der Waals surface area contributed by atoms with Gasteiger partial charge in [-0.3, -0.25) is 0 Å². The van der Waals surface area contributed by atoms with E-state index in [4.69, 9.17) is 0 Å². The molecule has 7 heteroatoms. The van der Waals surface area contributed by atoms with Gasteiger partial charge in [0.1, 0.15) is 0 Å². The Hall–Kier alpha value is 0.570. The molecule has 3 nitrogen and oxygen atoms in total. The molecule has 0 saturated carbocycles. The lowest BCUT2D eigenvalue weighted by atomic mass is 9.91. The van der Waals surface area contributed by atoms with Crippen LogP contribution in [0.1, 0.15) is 25.8 Å². The first-order valence-corrected chi connectivity index (χ1v) is 10.3. The summed E-state index contributed by atoms with van der Waals surface area (Å²) in [4.78, 5) is 0.254. The molecule has 20 heavy (non-hydrogen) atoms. The minimum absolute atomic E-state index is 0.0923. The highest BCUT2D eigenvalue weighted by molar-refractivity contribution is 9.11. The predicted octanol–water partition coefficient (Wildman–Crippen LogP) is 4.61. The number of sulfonamides is 1. The minimum atomic E-state index is -3.52. The highest BCUT2D eigenvalue weighted by Crippen LogP contribution is 2.29. The molecule has 0 aliphatic rings. The average molecular weight is 492 g/mol. The summed E-state index contributed by atoms with van der Waals surface area (Å²) in [6, 6.07) is 3.42. The van der Waals surface area contributed by atoms with Gasteiger partial charge in [0.15, 0.2) is 0 Å². The van der Waals surface area contributed by atoms with Crippen LogP contribution in [0.25, 0.3) is 0 Å². The van der Waals surface area contributed by atoms with Gasteiger partial charge in [-0.25, -0.2) is 13.1 Å². The van der Waals surface area contributed by atoms with E-state index in [0.717, 1.165) is 21.8 Å². The van der Waals surface area contributed by atoms with Gasteiger partial charge in [-0.15, -0.1) is 0 Å². The molecule has 0 fully saturated rings. The second kappa shape index (κ2) is 7.22. The van der Waals surface area contributed by atoms with Crippen molar-refractivity contribution in [3.8, 4) is 0 Å². The summed E-state index contributed by atoms with van der Waals surface area (Å²) in [6.07, 6.45) is 0.897. The van der Waals surface area contributed by atoms with Gasteiger partial charge in [0.05, 0.1) is 4.90 Å². The van der Waals surface area contributed by atoms with E-state index in [-0.39, 0.29) is 10.3 Å². The lowest BCUT2D eigenvalue weighted by molar-refractivity contribution is 0.354. The first-order valence-electron chi connectivity index (χ1n) is 6.10. The number of hydrogen-bond donors (Lipinski definition) is 1. The standard InChI is InChI=1S/C13H18Br3NO2S/c1-9-6-11(16)12(7-10(9)15)20(18,19)17-8-13(2,3)4-5-14/h6-7,17H,4-5,8H2,1-3H3. The summed E-state index contributed by atoms with van der Waals surface area (Å²) in [5, 5.41) is 0.849. The molecule has 0 heterocycles. The number of nitrogens with one attached hydrogen (secondary N) is 1. The number of alkyl halides is 1. The van der Waals surface area contributed by atoms with Gasteiger partial charge in [-0.1, -0.05) is 45.7 Å². The average Bonchev–Trinajstić information content (AvgIpc) is 2.31. The number of halogens is 3. The molecule has 0 saturated heterocycles. The van der Waals surface area contributed by atoms with Crippen molar-refractivity contribution in [1.82, 2.24) is 4.72 Å². The zero-order chi connectivity index (χ0) is 15.6. The Bertz CT molecular complexity index is 586. The Morgan fingerprint density at radius 1 is 1.20 bits per heavy atom. The highest BCUT2D eigenvalue weighted by Gasteiger charge is 2.23. The summed E-state index contributed by atoms with van der Waals surface area (Å²) < 4.78 is 28.8. The zero-order valence-electron chi connectivity index (χ0n) is 11.6. The molecule has 0 aromatic heterocycles. The van der Waals surface area contributed by atoms with Crippen LogP contribution >= 0.6 is 47.8 Å². The first kappa shape index (κ1) is 18.6. The van der Waals surface area contributed by atoms with Crippen molar-refractivity contribution in [2.75, 3.05) is 11.9 Å². The molecule has 1 aromatic carbocycles. The molecule has 0 aliphatic heterocycles. The van der Waals surface area contributed by atoms with E-state index < -0.39 is 10.0 Å². The van der Waals surface area contributed by atoms with Crippen LogP contribution in [0.5, 0.6) is 0 Å². The molecule has 0 aliphatic carbocycles. The molecule has 1 aromatic rings. The van der Waals surface area contributed by atoms with Crippen molar-refractivity contribution in [3.63, 3.8) is 0 Å². The second-order valence-corrected chi connectivity index (χ2v) is 9.70. The van der Waals surface area contributed by atoms with E-state index in [1.807, 2.05) is 20.8 Å². The Morgan fingerprint density at radius 3 is 2.35 bits per heavy atom. The van der Waals surface area contributed by atoms with Gasteiger partial charge in [-0.05, 0) is 52.4 Å². The lowest BCUT2D eigenvalue weighted by Gasteiger charge is -2.24. The Labute approximate surface area is 146 Å². The van der Waals surface area contributed by atoms with E-state index in [1.54, 1.807) is 12.1 Å². The van der Waals surface area contributed by atoms with Gasteiger partial charge in [-0.2, -0.15) is 0 Å². The molecular weight excluding hydrogens is 474 g/mol. The second-order valence-electron chi connectivity index (χ2n) is 5.46. The Morgan fingerprint density at radius 2 is 1.80 bits per heavy atom. The molecule has 0 spiro atoms. The van der Waals surface area contributed by atoms with Crippen molar-refractivity contribution in [1.29, 1.82) is 0 Å². The van der Waals surface area contributed by atoms with E-state index in [2.05, 4.69) is 52.5 Å². The molecule has 0 atom stereocenters. The largest absolute Gasteiger partial charge is 0.241 e. The third kappa shape index (κ3) is 5.09. The quantitative estimate of drug-likeness (QED) is 0.591. The fraction of sp³-hybridized carbons (Fsp3) is 0.538. The molecule has 1 N–H and O–H groups in total. The first-order chi connectivity index (χ1) is 9.09. The van der Waals surface area contributed by atoms with Gasteiger partial charge in [0, 0.05) is 20.8 Å². The monoisotopic (exact) mass is 489 g/mol. The van der Waals surface area contributed by atoms with E-state index in [9.17, 15) is 8.42 Å². The van der Waals surface area contributed by atoms with Crippen LogP contribution in [0.3, 0.4) is 0 Å². The van der Waals surface area contributed by atoms with E-state index >= 15 is 0 Å².